The zero-order chi connectivity index (χ0) is 21.9. The highest BCUT2D eigenvalue weighted by Crippen LogP contribution is 2.40. The number of hydrogen-bond donors (Lipinski definition) is 3. The van der Waals surface area contributed by atoms with Crippen molar-refractivity contribution in [2.75, 3.05) is 19.6 Å². The maximum Gasteiger partial charge on any atom is 0.412 e. The fourth-order valence-corrected chi connectivity index (χ4v) is 5.25. The molecule has 2 aliphatic rings. The Labute approximate surface area is 189 Å². The second-order valence-corrected chi connectivity index (χ2v) is 8.94. The van der Waals surface area contributed by atoms with Gasteiger partial charge in [-0.25, -0.2) is 4.79 Å². The average Bonchev–Trinajstić information content (AvgIpc) is 3.34. The lowest BCUT2D eigenvalue weighted by molar-refractivity contribution is 0.200. The molecule has 1 amide bonds. The third-order valence-electron chi connectivity index (χ3n) is 6.85. The zero-order valence-electron chi connectivity index (χ0n) is 18.7. The summed E-state index contributed by atoms with van der Waals surface area (Å²) in [5.41, 5.74) is 5.18. The van der Waals surface area contributed by atoms with Crippen LogP contribution in [0.25, 0.3) is 10.9 Å². The first-order chi connectivity index (χ1) is 15.7. The Bertz CT molecular complexity index is 1090. The number of benzene rings is 2. The van der Waals surface area contributed by atoms with Crippen molar-refractivity contribution in [1.29, 1.82) is 0 Å². The number of carbonyl (C=O) groups excluding carboxylic acids is 1. The number of amides is 1. The molecule has 168 valence electrons. The van der Waals surface area contributed by atoms with Crippen LogP contribution in [-0.2, 0) is 19.9 Å². The Hall–Kier alpha value is -2.83. The van der Waals surface area contributed by atoms with Gasteiger partial charge in [0.15, 0.2) is 0 Å². The quantitative estimate of drug-likeness (QED) is 0.554. The summed E-state index contributed by atoms with van der Waals surface area (Å²) in [4.78, 5) is 12.3. The number of rotatable bonds is 6. The van der Waals surface area contributed by atoms with E-state index in [-0.39, 0.29) is 0 Å². The first-order valence-corrected chi connectivity index (χ1v) is 11.8. The van der Waals surface area contributed by atoms with Crippen molar-refractivity contribution >= 4 is 17.0 Å². The van der Waals surface area contributed by atoms with Crippen molar-refractivity contribution in [2.24, 2.45) is 7.05 Å². The molecule has 1 aromatic heterocycles. The highest BCUT2D eigenvalue weighted by atomic mass is 16.6. The van der Waals surface area contributed by atoms with Gasteiger partial charge >= 0.3 is 6.09 Å². The summed E-state index contributed by atoms with van der Waals surface area (Å²) in [7, 11) is 2.15. The van der Waals surface area contributed by atoms with Crippen molar-refractivity contribution in [3.63, 3.8) is 0 Å². The largest absolute Gasteiger partial charge is 0.412 e. The summed E-state index contributed by atoms with van der Waals surface area (Å²) < 4.78 is 7.92. The molecule has 3 aromatic rings. The monoisotopic (exact) mass is 432 g/mol. The first-order valence-electron chi connectivity index (χ1n) is 11.8. The first kappa shape index (κ1) is 21.0. The maximum absolute atomic E-state index is 12.3. The van der Waals surface area contributed by atoms with Gasteiger partial charge in [0.1, 0.15) is 5.75 Å². The van der Waals surface area contributed by atoms with E-state index in [9.17, 15) is 4.79 Å². The molecule has 1 aliphatic heterocycles. The van der Waals surface area contributed by atoms with E-state index in [1.54, 1.807) is 0 Å². The molecule has 0 radical (unpaired) electrons. The van der Waals surface area contributed by atoms with Gasteiger partial charge < -0.3 is 25.3 Å². The second kappa shape index (κ2) is 9.35. The Morgan fingerprint density at radius 3 is 2.75 bits per heavy atom. The number of aromatic nitrogens is 1. The number of piperidine rings is 1. The van der Waals surface area contributed by atoms with Crippen LogP contribution < -0.4 is 20.7 Å². The predicted octanol–water partition coefficient (Wildman–Crippen LogP) is 3.84. The average molecular weight is 433 g/mol. The number of fused-ring (bicyclic) bond motifs is 3. The molecule has 0 bridgehead atoms. The second-order valence-electron chi connectivity index (χ2n) is 8.94. The standard InChI is InChI=1S/C26H32N4O2/c1-30-24-10-7-20(32-26(31)28-16-11-18-5-3-2-4-6-18)17-22(24)21-8-9-23(25(21)30)29-19-12-14-27-15-13-19/h2-7,10,17,19,23,27,29H,8-9,11-16H2,1H3,(H,28,31). The predicted molar refractivity (Wildman–Crippen MR) is 127 cm³/mol. The number of carbonyl (C=O) groups is 1. The minimum Gasteiger partial charge on any atom is -0.410 e. The number of nitrogens with one attached hydrogen (secondary N) is 3. The summed E-state index contributed by atoms with van der Waals surface area (Å²) in [5.74, 6) is 0.595. The lowest BCUT2D eigenvalue weighted by Crippen LogP contribution is -2.41. The van der Waals surface area contributed by atoms with Crippen LogP contribution in [-0.4, -0.2) is 36.3 Å². The lowest BCUT2D eigenvalue weighted by atomic mass is 10.0. The van der Waals surface area contributed by atoms with E-state index >= 15 is 0 Å². The molecule has 0 spiro atoms. The Morgan fingerprint density at radius 1 is 1.12 bits per heavy atom. The topological polar surface area (TPSA) is 67.3 Å². The van der Waals surface area contributed by atoms with Crippen LogP contribution in [0.15, 0.2) is 48.5 Å². The zero-order valence-corrected chi connectivity index (χ0v) is 18.7. The molecule has 2 aromatic carbocycles. The van der Waals surface area contributed by atoms with Crippen molar-refractivity contribution in [1.82, 2.24) is 20.5 Å². The van der Waals surface area contributed by atoms with Gasteiger partial charge in [0.2, 0.25) is 0 Å². The van der Waals surface area contributed by atoms with Gasteiger partial charge in [0, 0.05) is 42.3 Å². The van der Waals surface area contributed by atoms with Crippen LogP contribution in [0.5, 0.6) is 5.75 Å². The molecule has 6 nitrogen and oxygen atoms in total. The highest BCUT2D eigenvalue weighted by Gasteiger charge is 2.30. The van der Waals surface area contributed by atoms with E-state index in [0.717, 1.165) is 32.4 Å². The van der Waals surface area contributed by atoms with Crippen molar-refractivity contribution in [2.45, 2.75) is 44.2 Å². The molecule has 1 saturated heterocycles. The van der Waals surface area contributed by atoms with Gasteiger partial charge in [0.05, 0.1) is 0 Å². The van der Waals surface area contributed by atoms with Gasteiger partial charge in [-0.3, -0.25) is 0 Å². The maximum atomic E-state index is 12.3. The highest BCUT2D eigenvalue weighted by molar-refractivity contribution is 5.88. The van der Waals surface area contributed by atoms with Crippen LogP contribution in [0, 0.1) is 0 Å². The van der Waals surface area contributed by atoms with Crippen LogP contribution in [0.3, 0.4) is 0 Å². The number of hydrogen-bond acceptors (Lipinski definition) is 4. The summed E-state index contributed by atoms with van der Waals surface area (Å²) in [6.45, 7) is 2.75. The Morgan fingerprint density at radius 2 is 1.94 bits per heavy atom. The third-order valence-corrected chi connectivity index (χ3v) is 6.85. The third kappa shape index (κ3) is 4.38. The molecule has 1 unspecified atom stereocenters. The molecule has 3 N–H and O–H groups in total. The smallest absolute Gasteiger partial charge is 0.410 e. The number of aryl methyl sites for hydroxylation is 2. The van der Waals surface area contributed by atoms with Gasteiger partial charge in [-0.2, -0.15) is 0 Å². The molecule has 1 fully saturated rings. The molecule has 0 saturated carbocycles. The van der Waals surface area contributed by atoms with E-state index < -0.39 is 6.09 Å². The Balaban J connectivity index is 1.25. The molecule has 6 heteroatoms. The van der Waals surface area contributed by atoms with Gasteiger partial charge in [0.25, 0.3) is 0 Å². The van der Waals surface area contributed by atoms with Crippen molar-refractivity contribution in [3.05, 3.63) is 65.4 Å². The molecule has 32 heavy (non-hydrogen) atoms. The summed E-state index contributed by atoms with van der Waals surface area (Å²) in [6.07, 6.45) is 4.94. The minimum atomic E-state index is -0.404. The molecule has 5 rings (SSSR count). The molecule has 1 atom stereocenters. The van der Waals surface area contributed by atoms with E-state index in [1.165, 1.54) is 40.6 Å². The molecule has 2 heterocycles. The van der Waals surface area contributed by atoms with Gasteiger partial charge in [-0.15, -0.1) is 0 Å². The SMILES string of the molecule is Cn1c2c(c3cc(OC(=O)NCCc4ccccc4)ccc31)CCC2NC1CCNCC1. The van der Waals surface area contributed by atoms with Crippen LogP contribution >= 0.6 is 0 Å². The van der Waals surface area contributed by atoms with Gasteiger partial charge in [-0.1, -0.05) is 30.3 Å². The Kier molecular flexibility index (Phi) is 6.14. The van der Waals surface area contributed by atoms with Crippen LogP contribution in [0.1, 0.15) is 42.1 Å². The summed E-state index contributed by atoms with van der Waals surface area (Å²) >= 11 is 0. The molecular formula is C26H32N4O2. The fourth-order valence-electron chi connectivity index (χ4n) is 5.25. The fraction of sp³-hybridized carbons (Fsp3) is 0.423. The number of ether oxygens (including phenoxy) is 1. The van der Waals surface area contributed by atoms with Crippen LogP contribution in [0.2, 0.25) is 0 Å². The van der Waals surface area contributed by atoms with Crippen molar-refractivity contribution in [3.8, 4) is 5.75 Å². The molecule has 1 aliphatic carbocycles. The van der Waals surface area contributed by atoms with E-state index in [2.05, 4.69) is 45.8 Å². The van der Waals surface area contributed by atoms with E-state index in [1.807, 2.05) is 30.3 Å². The summed E-state index contributed by atoms with van der Waals surface area (Å²) in [6, 6.07) is 17.1. The van der Waals surface area contributed by atoms with Crippen molar-refractivity contribution < 1.29 is 9.53 Å². The van der Waals surface area contributed by atoms with E-state index in [0.29, 0.717) is 24.4 Å². The van der Waals surface area contributed by atoms with Crippen LogP contribution in [0.4, 0.5) is 4.79 Å². The normalized spacial score (nSPS) is 18.6. The summed E-state index contributed by atoms with van der Waals surface area (Å²) in [5, 5.41) is 11.4. The lowest BCUT2D eigenvalue weighted by Gasteiger charge is -2.27. The van der Waals surface area contributed by atoms with E-state index in [4.69, 9.17) is 4.74 Å². The van der Waals surface area contributed by atoms with Gasteiger partial charge in [-0.05, 0) is 74.5 Å². The number of nitrogens with zero attached hydrogens (tertiary/aromatic N) is 1. The minimum absolute atomic E-state index is 0.399. The molecular weight excluding hydrogens is 400 g/mol.